The van der Waals surface area contributed by atoms with Gasteiger partial charge < -0.3 is 4.57 Å². The Balaban J connectivity index is 2.01. The van der Waals surface area contributed by atoms with Crippen molar-refractivity contribution in [3.8, 4) is 0 Å². The molecule has 1 aromatic heterocycles. The smallest absolute Gasteiger partial charge is 0.331 e. The quantitative estimate of drug-likeness (QED) is 0.742. The highest BCUT2D eigenvalue weighted by Crippen LogP contribution is 2.58. The van der Waals surface area contributed by atoms with Crippen LogP contribution in [0.2, 0.25) is 0 Å². The van der Waals surface area contributed by atoms with Gasteiger partial charge in [-0.2, -0.15) is 13.2 Å². The molecule has 1 saturated carbocycles. The van der Waals surface area contributed by atoms with Crippen LogP contribution < -0.4 is 0 Å². The molecule has 1 atom stereocenters. The van der Waals surface area contributed by atoms with E-state index < -0.39 is 11.6 Å². The van der Waals surface area contributed by atoms with E-state index in [0.29, 0.717) is 12.5 Å². The molecule has 1 aromatic rings. The molecule has 2 heterocycles. The summed E-state index contributed by atoms with van der Waals surface area (Å²) in [6.07, 6.45) is -0.328. The zero-order chi connectivity index (χ0) is 12.3. The third kappa shape index (κ3) is 1.51. The highest BCUT2D eigenvalue weighted by molar-refractivity contribution is 5.26. The van der Waals surface area contributed by atoms with Gasteiger partial charge in [0.2, 0.25) is 0 Å². The van der Waals surface area contributed by atoms with Crippen molar-refractivity contribution in [2.45, 2.75) is 50.7 Å². The zero-order valence-corrected chi connectivity index (χ0v) is 9.72. The van der Waals surface area contributed by atoms with Crippen molar-refractivity contribution in [3.05, 3.63) is 17.7 Å². The summed E-state index contributed by atoms with van der Waals surface area (Å²) in [6.45, 7) is 2.82. The van der Waals surface area contributed by atoms with E-state index in [1.165, 1.54) is 0 Å². The minimum atomic E-state index is -4.15. The maximum absolute atomic E-state index is 13.1. The fraction of sp³-hybridized carbons (Fsp3) is 0.750. The Morgan fingerprint density at radius 2 is 2.12 bits per heavy atom. The first-order valence-corrected chi connectivity index (χ1v) is 6.06. The normalized spacial score (nSPS) is 26.7. The summed E-state index contributed by atoms with van der Waals surface area (Å²) in [5.41, 5.74) is -0.666. The van der Waals surface area contributed by atoms with E-state index in [-0.39, 0.29) is 18.7 Å². The summed E-state index contributed by atoms with van der Waals surface area (Å²) in [5.74, 6) is 0.806. The van der Waals surface area contributed by atoms with Crippen LogP contribution in [-0.2, 0) is 18.4 Å². The van der Waals surface area contributed by atoms with E-state index in [4.69, 9.17) is 0 Å². The first-order valence-electron chi connectivity index (χ1n) is 6.06. The highest BCUT2D eigenvalue weighted by atomic mass is 19.4. The number of hydrogen-bond donors (Lipinski definition) is 0. The van der Waals surface area contributed by atoms with Gasteiger partial charge in [0.1, 0.15) is 11.2 Å². The van der Waals surface area contributed by atoms with E-state index in [1.54, 1.807) is 10.8 Å². The lowest BCUT2D eigenvalue weighted by atomic mass is 9.97. The zero-order valence-electron chi connectivity index (χ0n) is 9.72. The molecule has 1 fully saturated rings. The number of halogens is 3. The van der Waals surface area contributed by atoms with Crippen LogP contribution in [0.25, 0.3) is 0 Å². The van der Waals surface area contributed by atoms with Crippen LogP contribution in [-0.4, -0.2) is 15.7 Å². The molecule has 2 nitrogen and oxygen atoms in total. The Bertz CT molecular complexity index is 443. The highest BCUT2D eigenvalue weighted by Gasteiger charge is 2.66. The molecular formula is C12H15F3N2. The summed E-state index contributed by atoms with van der Waals surface area (Å²) in [4.78, 5) is 4.08. The van der Waals surface area contributed by atoms with Crippen LogP contribution in [0.15, 0.2) is 6.20 Å². The van der Waals surface area contributed by atoms with Crippen molar-refractivity contribution in [2.75, 3.05) is 0 Å². The van der Waals surface area contributed by atoms with Gasteiger partial charge in [-0.05, 0) is 31.6 Å². The lowest BCUT2D eigenvalue weighted by molar-refractivity contribution is -0.163. The molecule has 1 aliphatic heterocycles. The van der Waals surface area contributed by atoms with Gasteiger partial charge in [0.25, 0.3) is 0 Å². The number of rotatable bonds is 1. The first-order chi connectivity index (χ1) is 7.94. The topological polar surface area (TPSA) is 17.8 Å². The van der Waals surface area contributed by atoms with Crippen LogP contribution in [0, 0.1) is 5.92 Å². The monoisotopic (exact) mass is 244 g/mol. The largest absolute Gasteiger partial charge is 0.401 e. The summed E-state index contributed by atoms with van der Waals surface area (Å²) in [5, 5.41) is 0. The SMILES string of the molecule is CC1CCn2c(cnc2C2(C(F)(F)F)CC2)C1. The summed E-state index contributed by atoms with van der Waals surface area (Å²) in [6, 6.07) is 0. The molecule has 2 aliphatic rings. The van der Waals surface area contributed by atoms with Gasteiger partial charge in [0.15, 0.2) is 0 Å². The van der Waals surface area contributed by atoms with E-state index in [9.17, 15) is 13.2 Å². The van der Waals surface area contributed by atoms with Gasteiger partial charge in [-0.1, -0.05) is 6.92 Å². The van der Waals surface area contributed by atoms with Crippen molar-refractivity contribution in [1.82, 2.24) is 9.55 Å². The molecule has 0 amide bonds. The predicted molar refractivity (Wildman–Crippen MR) is 56.7 cm³/mol. The van der Waals surface area contributed by atoms with Gasteiger partial charge in [0, 0.05) is 18.4 Å². The second kappa shape index (κ2) is 3.27. The fourth-order valence-electron chi connectivity index (χ4n) is 2.77. The molecule has 3 rings (SSSR count). The van der Waals surface area contributed by atoms with Crippen LogP contribution >= 0.6 is 0 Å². The maximum atomic E-state index is 13.1. The molecule has 1 aliphatic carbocycles. The van der Waals surface area contributed by atoms with Crippen LogP contribution in [0.5, 0.6) is 0 Å². The lowest BCUT2D eigenvalue weighted by Gasteiger charge is -2.25. The standard InChI is InChI=1S/C12H15F3N2/c1-8-2-5-17-9(6-8)7-16-10(17)11(3-4-11)12(13,14)15/h7-8H,2-6H2,1H3. The first kappa shape index (κ1) is 11.1. The molecule has 0 saturated heterocycles. The van der Waals surface area contributed by atoms with E-state index >= 15 is 0 Å². The Morgan fingerprint density at radius 1 is 1.41 bits per heavy atom. The minimum Gasteiger partial charge on any atom is -0.331 e. The van der Waals surface area contributed by atoms with Crippen LogP contribution in [0.3, 0.4) is 0 Å². The van der Waals surface area contributed by atoms with E-state index in [0.717, 1.165) is 18.5 Å². The maximum Gasteiger partial charge on any atom is 0.401 e. The van der Waals surface area contributed by atoms with Gasteiger partial charge in [-0.15, -0.1) is 0 Å². The van der Waals surface area contributed by atoms with Crippen LogP contribution in [0.4, 0.5) is 13.2 Å². The van der Waals surface area contributed by atoms with Gasteiger partial charge in [0.05, 0.1) is 0 Å². The number of nitrogens with zero attached hydrogens (tertiary/aromatic N) is 2. The summed E-state index contributed by atoms with van der Waals surface area (Å²) < 4.78 is 41.0. The number of fused-ring (bicyclic) bond motifs is 1. The Hall–Kier alpha value is -1.00. The fourth-order valence-corrected chi connectivity index (χ4v) is 2.77. The third-order valence-corrected chi connectivity index (χ3v) is 4.06. The number of alkyl halides is 3. The van der Waals surface area contributed by atoms with Crippen LogP contribution in [0.1, 0.15) is 37.7 Å². The van der Waals surface area contributed by atoms with Crippen molar-refractivity contribution >= 4 is 0 Å². The molecule has 0 aromatic carbocycles. The molecule has 94 valence electrons. The Morgan fingerprint density at radius 3 is 2.71 bits per heavy atom. The molecule has 0 bridgehead atoms. The molecule has 17 heavy (non-hydrogen) atoms. The minimum absolute atomic E-state index is 0.197. The number of aromatic nitrogens is 2. The summed E-state index contributed by atoms with van der Waals surface area (Å²) >= 11 is 0. The average Bonchev–Trinajstić information content (AvgIpc) is 2.94. The number of imidazole rings is 1. The molecule has 0 spiro atoms. The van der Waals surface area contributed by atoms with Gasteiger partial charge in [-0.25, -0.2) is 4.98 Å². The molecular weight excluding hydrogens is 229 g/mol. The van der Waals surface area contributed by atoms with Crippen molar-refractivity contribution in [2.24, 2.45) is 5.92 Å². The molecule has 0 radical (unpaired) electrons. The van der Waals surface area contributed by atoms with E-state index in [1.807, 2.05) is 0 Å². The molecule has 5 heteroatoms. The van der Waals surface area contributed by atoms with Gasteiger partial charge in [-0.3, -0.25) is 0 Å². The van der Waals surface area contributed by atoms with Crippen molar-refractivity contribution in [1.29, 1.82) is 0 Å². The predicted octanol–water partition coefficient (Wildman–Crippen LogP) is 3.06. The second-order valence-electron chi connectivity index (χ2n) is 5.40. The van der Waals surface area contributed by atoms with Gasteiger partial charge >= 0.3 is 6.18 Å². The Kier molecular flexibility index (Phi) is 2.14. The average molecular weight is 244 g/mol. The third-order valence-electron chi connectivity index (χ3n) is 4.06. The number of hydrogen-bond acceptors (Lipinski definition) is 1. The van der Waals surface area contributed by atoms with Crippen molar-refractivity contribution < 1.29 is 13.2 Å². The Labute approximate surface area is 97.8 Å². The van der Waals surface area contributed by atoms with E-state index in [2.05, 4.69) is 11.9 Å². The molecule has 0 N–H and O–H groups in total. The van der Waals surface area contributed by atoms with Crippen molar-refractivity contribution in [3.63, 3.8) is 0 Å². The lowest BCUT2D eigenvalue weighted by Crippen LogP contribution is -2.33. The second-order valence-corrected chi connectivity index (χ2v) is 5.40. The summed E-state index contributed by atoms with van der Waals surface area (Å²) in [7, 11) is 0. The molecule has 1 unspecified atom stereocenters.